The summed E-state index contributed by atoms with van der Waals surface area (Å²) >= 11 is 0.930. The topological polar surface area (TPSA) is 120 Å². The third-order valence-electron chi connectivity index (χ3n) is 1.59. The third kappa shape index (κ3) is 3.12. The van der Waals surface area contributed by atoms with E-state index in [0.29, 0.717) is 0 Å². The van der Waals surface area contributed by atoms with Gasteiger partial charge in [0.15, 0.2) is 5.16 Å². The van der Waals surface area contributed by atoms with Gasteiger partial charge in [-0.25, -0.2) is 0 Å². The molecule has 16 heavy (non-hydrogen) atoms. The predicted molar refractivity (Wildman–Crippen MR) is 54.8 cm³/mol. The Morgan fingerprint density at radius 3 is 2.81 bits per heavy atom. The molecule has 0 radical (unpaired) electrons. The summed E-state index contributed by atoms with van der Waals surface area (Å²) in [7, 11) is 1.24. The summed E-state index contributed by atoms with van der Waals surface area (Å²) in [4.78, 5) is 21.4. The highest BCUT2D eigenvalue weighted by atomic mass is 32.2. The van der Waals surface area contributed by atoms with E-state index in [1.54, 1.807) is 0 Å². The first-order chi connectivity index (χ1) is 7.54. The van der Waals surface area contributed by atoms with Crippen LogP contribution in [-0.4, -0.2) is 44.7 Å². The number of carbonyl (C=O) groups excluding carboxylic acids is 1. The van der Waals surface area contributed by atoms with Crippen LogP contribution in [-0.2, 0) is 20.9 Å². The maximum absolute atomic E-state index is 11.0. The van der Waals surface area contributed by atoms with Gasteiger partial charge in [0.05, 0.1) is 12.9 Å². The molecule has 0 saturated carbocycles. The SMILES string of the molecule is COC(=O)Cn1c(N)nnc1SCC(=O)O. The molecule has 8 nitrogen and oxygen atoms in total. The van der Waals surface area contributed by atoms with Crippen molar-refractivity contribution in [3.05, 3.63) is 0 Å². The summed E-state index contributed by atoms with van der Waals surface area (Å²) in [5.41, 5.74) is 5.47. The van der Waals surface area contributed by atoms with Crippen LogP contribution in [0.5, 0.6) is 0 Å². The Morgan fingerprint density at radius 1 is 1.56 bits per heavy atom. The highest BCUT2D eigenvalue weighted by molar-refractivity contribution is 7.99. The Hall–Kier alpha value is -1.77. The number of anilines is 1. The van der Waals surface area contributed by atoms with E-state index in [9.17, 15) is 9.59 Å². The Morgan fingerprint density at radius 2 is 2.25 bits per heavy atom. The lowest BCUT2D eigenvalue weighted by molar-refractivity contribution is -0.141. The van der Waals surface area contributed by atoms with Crippen molar-refractivity contribution < 1.29 is 19.4 Å². The highest BCUT2D eigenvalue weighted by Crippen LogP contribution is 2.17. The average Bonchev–Trinajstić information content (AvgIpc) is 2.57. The van der Waals surface area contributed by atoms with Crippen molar-refractivity contribution in [3.8, 4) is 0 Å². The van der Waals surface area contributed by atoms with Crippen molar-refractivity contribution >= 4 is 29.6 Å². The number of esters is 1. The van der Waals surface area contributed by atoms with Crippen LogP contribution < -0.4 is 5.73 Å². The number of nitrogen functional groups attached to an aromatic ring is 1. The summed E-state index contributed by atoms with van der Waals surface area (Å²) in [6, 6.07) is 0. The molecule has 1 aromatic rings. The fraction of sp³-hybridized carbons (Fsp3) is 0.429. The van der Waals surface area contributed by atoms with Gasteiger partial charge in [0, 0.05) is 0 Å². The van der Waals surface area contributed by atoms with E-state index >= 15 is 0 Å². The number of carbonyl (C=O) groups is 2. The molecule has 0 atom stereocenters. The van der Waals surface area contributed by atoms with Crippen LogP contribution in [0.1, 0.15) is 0 Å². The fourth-order valence-corrected chi connectivity index (χ4v) is 1.54. The zero-order chi connectivity index (χ0) is 12.1. The van der Waals surface area contributed by atoms with Crippen molar-refractivity contribution in [2.45, 2.75) is 11.7 Å². The molecule has 0 aromatic carbocycles. The van der Waals surface area contributed by atoms with E-state index in [0.717, 1.165) is 11.8 Å². The van der Waals surface area contributed by atoms with Gasteiger partial charge in [-0.05, 0) is 0 Å². The number of thioether (sulfide) groups is 1. The molecular formula is C7H10N4O4S. The van der Waals surface area contributed by atoms with E-state index < -0.39 is 11.9 Å². The zero-order valence-electron chi connectivity index (χ0n) is 8.41. The Bertz CT molecular complexity index is 405. The number of hydrogen-bond acceptors (Lipinski definition) is 7. The molecule has 0 aliphatic rings. The molecule has 0 unspecified atom stereocenters. The van der Waals surface area contributed by atoms with Crippen LogP contribution in [0.3, 0.4) is 0 Å². The van der Waals surface area contributed by atoms with Crippen LogP contribution >= 0.6 is 11.8 Å². The van der Waals surface area contributed by atoms with E-state index in [1.165, 1.54) is 11.7 Å². The van der Waals surface area contributed by atoms with E-state index in [2.05, 4.69) is 14.9 Å². The normalized spacial score (nSPS) is 10.1. The van der Waals surface area contributed by atoms with Crippen LogP contribution in [0, 0.1) is 0 Å². The number of hydrogen-bond donors (Lipinski definition) is 2. The predicted octanol–water partition coefficient (Wildman–Crippen LogP) is -0.790. The van der Waals surface area contributed by atoms with Crippen LogP contribution in [0.2, 0.25) is 0 Å². The van der Waals surface area contributed by atoms with Gasteiger partial charge in [0.25, 0.3) is 0 Å². The van der Waals surface area contributed by atoms with Gasteiger partial charge < -0.3 is 15.6 Å². The number of nitrogens with zero attached hydrogens (tertiary/aromatic N) is 3. The lowest BCUT2D eigenvalue weighted by Crippen LogP contribution is -2.15. The van der Waals surface area contributed by atoms with Gasteiger partial charge >= 0.3 is 11.9 Å². The minimum atomic E-state index is -0.990. The molecule has 0 aliphatic heterocycles. The maximum Gasteiger partial charge on any atom is 0.325 e. The number of rotatable bonds is 5. The minimum Gasteiger partial charge on any atom is -0.481 e. The number of aliphatic carboxylic acids is 1. The summed E-state index contributed by atoms with van der Waals surface area (Å²) in [5, 5.41) is 16.0. The molecule has 0 bridgehead atoms. The molecule has 3 N–H and O–H groups in total. The number of ether oxygens (including phenoxy) is 1. The first kappa shape index (κ1) is 12.3. The number of methoxy groups -OCH3 is 1. The molecule has 0 amide bonds. The second-order valence-corrected chi connectivity index (χ2v) is 3.63. The van der Waals surface area contributed by atoms with Crippen molar-refractivity contribution in [2.75, 3.05) is 18.6 Å². The summed E-state index contributed by atoms with van der Waals surface area (Å²) < 4.78 is 5.75. The second-order valence-electron chi connectivity index (χ2n) is 2.69. The molecule has 1 rings (SSSR count). The van der Waals surface area contributed by atoms with Crippen LogP contribution in [0.25, 0.3) is 0 Å². The number of aromatic nitrogens is 3. The molecule has 0 aliphatic carbocycles. The summed E-state index contributed by atoms with van der Waals surface area (Å²) in [6.07, 6.45) is 0. The molecule has 1 heterocycles. The van der Waals surface area contributed by atoms with Crippen LogP contribution in [0.4, 0.5) is 5.95 Å². The van der Waals surface area contributed by atoms with Gasteiger partial charge in [-0.3, -0.25) is 14.2 Å². The Balaban J connectivity index is 2.77. The Labute approximate surface area is 94.8 Å². The first-order valence-corrected chi connectivity index (χ1v) is 5.13. The van der Waals surface area contributed by atoms with Crippen molar-refractivity contribution in [2.24, 2.45) is 0 Å². The van der Waals surface area contributed by atoms with Gasteiger partial charge in [-0.1, -0.05) is 11.8 Å². The molecule has 9 heteroatoms. The Kier molecular flexibility index (Phi) is 4.11. The van der Waals surface area contributed by atoms with Crippen LogP contribution in [0.15, 0.2) is 5.16 Å². The maximum atomic E-state index is 11.0. The highest BCUT2D eigenvalue weighted by Gasteiger charge is 2.14. The summed E-state index contributed by atoms with van der Waals surface area (Å²) in [5.74, 6) is -1.64. The average molecular weight is 246 g/mol. The van der Waals surface area contributed by atoms with E-state index in [4.69, 9.17) is 10.8 Å². The molecule has 0 spiro atoms. The lowest BCUT2D eigenvalue weighted by atomic mass is 10.6. The van der Waals surface area contributed by atoms with Crippen molar-refractivity contribution in [3.63, 3.8) is 0 Å². The van der Waals surface area contributed by atoms with Gasteiger partial charge in [0.2, 0.25) is 5.95 Å². The minimum absolute atomic E-state index is 0.0401. The fourth-order valence-electron chi connectivity index (χ4n) is 0.875. The molecule has 1 aromatic heterocycles. The smallest absolute Gasteiger partial charge is 0.325 e. The molecule has 0 fully saturated rings. The van der Waals surface area contributed by atoms with Gasteiger partial charge in [-0.15, -0.1) is 10.2 Å². The monoisotopic (exact) mass is 246 g/mol. The molecule has 0 saturated heterocycles. The number of nitrogens with two attached hydrogens (primary N) is 1. The number of carboxylic acids is 1. The number of carboxylic acid groups (broad SMARTS) is 1. The molecular weight excluding hydrogens is 236 g/mol. The first-order valence-electron chi connectivity index (χ1n) is 4.14. The van der Waals surface area contributed by atoms with Crippen molar-refractivity contribution in [1.82, 2.24) is 14.8 Å². The van der Waals surface area contributed by atoms with Gasteiger partial charge in [0.1, 0.15) is 6.54 Å². The van der Waals surface area contributed by atoms with E-state index in [1.807, 2.05) is 0 Å². The largest absolute Gasteiger partial charge is 0.481 e. The zero-order valence-corrected chi connectivity index (χ0v) is 9.23. The van der Waals surface area contributed by atoms with Gasteiger partial charge in [-0.2, -0.15) is 0 Å². The quantitative estimate of drug-likeness (QED) is 0.512. The van der Waals surface area contributed by atoms with E-state index in [-0.39, 0.29) is 23.4 Å². The second kappa shape index (κ2) is 5.35. The summed E-state index contributed by atoms with van der Waals surface area (Å²) in [6.45, 7) is -0.142. The standard InChI is InChI=1S/C7H10N4O4S/c1-15-5(14)2-11-6(8)9-10-7(11)16-3-4(12)13/h2-3H2,1H3,(H2,8,9)(H,12,13). The lowest BCUT2D eigenvalue weighted by Gasteiger charge is -2.04. The van der Waals surface area contributed by atoms with Crippen molar-refractivity contribution in [1.29, 1.82) is 0 Å². The molecule has 88 valence electrons. The third-order valence-corrected chi connectivity index (χ3v) is 2.54.